The maximum absolute atomic E-state index is 13.4. The molecule has 1 atom stereocenters. The fraction of sp³-hybridized carbons (Fsp3) is 0.114. The molecule has 5 aromatic rings. The normalized spacial score (nSPS) is 15.8. The van der Waals surface area contributed by atoms with E-state index in [9.17, 15) is 13.2 Å². The highest BCUT2D eigenvalue weighted by molar-refractivity contribution is 7.92. The van der Waals surface area contributed by atoms with Crippen molar-refractivity contribution in [2.24, 2.45) is 0 Å². The van der Waals surface area contributed by atoms with Crippen molar-refractivity contribution < 1.29 is 17.9 Å². The Bertz CT molecular complexity index is 1870. The van der Waals surface area contributed by atoms with Crippen molar-refractivity contribution in [1.82, 2.24) is 0 Å². The first-order valence-electron chi connectivity index (χ1n) is 13.8. The van der Waals surface area contributed by atoms with Gasteiger partial charge >= 0.3 is 5.97 Å². The van der Waals surface area contributed by atoms with Gasteiger partial charge in [-0.15, -0.1) is 0 Å². The molecule has 0 aromatic heterocycles. The molecule has 8 heteroatoms. The second kappa shape index (κ2) is 11.0. The summed E-state index contributed by atoms with van der Waals surface area (Å²) in [5.74, 6) is -0.421. The summed E-state index contributed by atoms with van der Waals surface area (Å²) in [4.78, 5) is 17.6. The maximum Gasteiger partial charge on any atom is 0.341 e. The van der Waals surface area contributed by atoms with Gasteiger partial charge in [-0.1, -0.05) is 66.2 Å². The summed E-state index contributed by atoms with van der Waals surface area (Å²) in [6.45, 7) is 1.91. The summed E-state index contributed by atoms with van der Waals surface area (Å²) in [6.07, 6.45) is 0. The predicted molar refractivity (Wildman–Crippen MR) is 170 cm³/mol. The molecule has 1 N–H and O–H groups in total. The Hall–Kier alpha value is -5.08. The molecule has 6 rings (SSSR count). The van der Waals surface area contributed by atoms with Gasteiger partial charge in [0.05, 0.1) is 10.5 Å². The Morgan fingerprint density at radius 1 is 0.674 bits per heavy atom. The second-order valence-corrected chi connectivity index (χ2v) is 12.3. The Balaban J connectivity index is 1.49. The fourth-order valence-electron chi connectivity index (χ4n) is 5.40. The fourth-order valence-corrected chi connectivity index (χ4v) is 6.45. The van der Waals surface area contributed by atoms with E-state index in [1.165, 1.54) is 0 Å². The largest absolute Gasteiger partial charge is 0.426 e. The molecule has 0 bridgehead atoms. The van der Waals surface area contributed by atoms with Crippen LogP contribution in [-0.4, -0.2) is 28.5 Å². The van der Waals surface area contributed by atoms with E-state index in [1.54, 1.807) is 42.5 Å². The highest BCUT2D eigenvalue weighted by atomic mass is 32.2. The number of carbonyl (C=O) groups excluding carboxylic acids is 1. The van der Waals surface area contributed by atoms with E-state index < -0.39 is 21.7 Å². The van der Waals surface area contributed by atoms with Gasteiger partial charge in [0.1, 0.15) is 0 Å². The molecule has 43 heavy (non-hydrogen) atoms. The number of para-hydroxylation sites is 1. The number of ether oxygens (including phenoxy) is 1. The van der Waals surface area contributed by atoms with Gasteiger partial charge < -0.3 is 9.64 Å². The predicted octanol–water partition coefficient (Wildman–Crippen LogP) is 7.07. The van der Waals surface area contributed by atoms with Crippen molar-refractivity contribution >= 4 is 38.7 Å². The molecule has 1 aliphatic rings. The van der Waals surface area contributed by atoms with Crippen LogP contribution in [0.4, 0.5) is 22.7 Å². The number of sulfonamides is 1. The first-order chi connectivity index (χ1) is 20.7. The van der Waals surface area contributed by atoms with E-state index in [2.05, 4.69) is 4.72 Å². The van der Waals surface area contributed by atoms with Crippen molar-refractivity contribution in [1.29, 1.82) is 0 Å². The molecule has 0 saturated carbocycles. The molecule has 0 amide bonds. The van der Waals surface area contributed by atoms with E-state index in [-0.39, 0.29) is 4.90 Å². The topological polar surface area (TPSA) is 79.0 Å². The molecule has 1 unspecified atom stereocenters. The molecule has 0 fully saturated rings. The SMILES string of the molecule is Cc1ccc(S(=O)(=O)Nc2ccc(N(c3ccccc3)C3(c4ccc(N(C)C)cc4)OC(=O)c4ccccc43)cc2)cc1. The van der Waals surface area contributed by atoms with E-state index >= 15 is 0 Å². The average molecular weight is 590 g/mol. The molecule has 0 saturated heterocycles. The number of nitrogens with zero attached hydrogens (tertiary/aromatic N) is 2. The monoisotopic (exact) mass is 589 g/mol. The second-order valence-electron chi connectivity index (χ2n) is 10.7. The lowest BCUT2D eigenvalue weighted by Crippen LogP contribution is -2.45. The van der Waals surface area contributed by atoms with E-state index in [4.69, 9.17) is 4.74 Å². The lowest BCUT2D eigenvalue weighted by molar-refractivity contribution is 0.0134. The molecular weight excluding hydrogens is 558 g/mol. The van der Waals surface area contributed by atoms with Crippen LogP contribution in [0.2, 0.25) is 0 Å². The molecule has 1 aliphatic heterocycles. The zero-order chi connectivity index (χ0) is 30.2. The smallest absolute Gasteiger partial charge is 0.341 e. The Morgan fingerprint density at radius 3 is 1.91 bits per heavy atom. The van der Waals surface area contributed by atoms with Crippen LogP contribution in [0, 0.1) is 6.92 Å². The van der Waals surface area contributed by atoms with Gasteiger partial charge in [-0.25, -0.2) is 13.2 Å². The first kappa shape index (κ1) is 28.1. The number of fused-ring (bicyclic) bond motifs is 1. The van der Waals surface area contributed by atoms with Crippen LogP contribution in [0.1, 0.15) is 27.0 Å². The summed E-state index contributed by atoms with van der Waals surface area (Å²) >= 11 is 0. The lowest BCUT2D eigenvalue weighted by atomic mass is 9.90. The number of nitrogens with one attached hydrogen (secondary N) is 1. The number of hydrogen-bond donors (Lipinski definition) is 1. The Kier molecular flexibility index (Phi) is 7.15. The van der Waals surface area contributed by atoms with Gasteiger partial charge in [0, 0.05) is 48.0 Å². The average Bonchev–Trinajstić information content (AvgIpc) is 3.31. The van der Waals surface area contributed by atoms with Gasteiger partial charge in [-0.2, -0.15) is 0 Å². The molecule has 0 radical (unpaired) electrons. The van der Waals surface area contributed by atoms with Crippen molar-refractivity contribution in [2.45, 2.75) is 17.5 Å². The third kappa shape index (κ3) is 5.10. The number of aryl methyl sites for hydroxylation is 1. The van der Waals surface area contributed by atoms with Crippen LogP contribution < -0.4 is 14.5 Å². The van der Waals surface area contributed by atoms with Gasteiger partial charge in [0.2, 0.25) is 5.72 Å². The summed E-state index contributed by atoms with van der Waals surface area (Å²) in [5.41, 5.74) is 4.52. The van der Waals surface area contributed by atoms with E-state index in [0.29, 0.717) is 22.5 Å². The number of carbonyl (C=O) groups is 1. The van der Waals surface area contributed by atoms with Crippen molar-refractivity contribution in [3.63, 3.8) is 0 Å². The van der Waals surface area contributed by atoms with Gasteiger partial charge in [0.25, 0.3) is 10.0 Å². The minimum atomic E-state index is -3.78. The first-order valence-corrected chi connectivity index (χ1v) is 15.3. The number of cyclic esters (lactones) is 1. The lowest BCUT2D eigenvalue weighted by Gasteiger charge is -2.42. The third-order valence-electron chi connectivity index (χ3n) is 7.57. The minimum Gasteiger partial charge on any atom is -0.426 e. The Morgan fingerprint density at radius 2 is 1.26 bits per heavy atom. The standard InChI is InChI=1S/C35H31N3O4S/c1-25-13-23-31(24-14-25)43(40,41)36-27-17-21-30(22-18-27)38(29-9-5-4-6-10-29)35(26-15-19-28(20-16-26)37(2)3)33-12-8-7-11-32(33)34(39)42-35/h4-24,36H,1-3H3. The van der Waals surface area contributed by atoms with Crippen LogP contribution in [-0.2, 0) is 20.5 Å². The van der Waals surface area contributed by atoms with Gasteiger partial charge in [0.15, 0.2) is 0 Å². The van der Waals surface area contributed by atoms with Gasteiger partial charge in [-0.05, 0) is 73.7 Å². The summed E-state index contributed by atoms with van der Waals surface area (Å²) in [5, 5.41) is 0. The summed E-state index contributed by atoms with van der Waals surface area (Å²) in [7, 11) is 0.164. The molecule has 216 valence electrons. The molecule has 7 nitrogen and oxygen atoms in total. The van der Waals surface area contributed by atoms with Crippen molar-refractivity contribution in [3.05, 3.63) is 150 Å². The Labute approximate surface area is 252 Å². The van der Waals surface area contributed by atoms with Crippen LogP contribution in [0.5, 0.6) is 0 Å². The highest BCUT2D eigenvalue weighted by Crippen LogP contribution is 2.50. The van der Waals surface area contributed by atoms with Crippen LogP contribution in [0.3, 0.4) is 0 Å². The maximum atomic E-state index is 13.4. The summed E-state index contributed by atoms with van der Waals surface area (Å²) in [6, 6.07) is 38.8. The van der Waals surface area contributed by atoms with Crippen molar-refractivity contribution in [2.75, 3.05) is 28.6 Å². The zero-order valence-corrected chi connectivity index (χ0v) is 24.9. The number of anilines is 4. The van der Waals surface area contributed by atoms with Crippen LogP contribution in [0.25, 0.3) is 0 Å². The molecule has 0 aliphatic carbocycles. The van der Waals surface area contributed by atoms with Crippen LogP contribution >= 0.6 is 0 Å². The van der Waals surface area contributed by atoms with Crippen LogP contribution in [0.15, 0.2) is 132 Å². The number of esters is 1. The minimum absolute atomic E-state index is 0.183. The van der Waals surface area contributed by atoms with Crippen molar-refractivity contribution in [3.8, 4) is 0 Å². The quantitative estimate of drug-likeness (QED) is 0.195. The zero-order valence-electron chi connectivity index (χ0n) is 24.1. The third-order valence-corrected chi connectivity index (χ3v) is 8.96. The van der Waals surface area contributed by atoms with Gasteiger partial charge in [-0.3, -0.25) is 9.62 Å². The highest BCUT2D eigenvalue weighted by Gasteiger charge is 2.52. The number of hydrogen-bond acceptors (Lipinski definition) is 6. The van der Waals surface area contributed by atoms with E-state index in [0.717, 1.165) is 22.5 Å². The van der Waals surface area contributed by atoms with E-state index in [1.807, 2.05) is 116 Å². The molecular formula is C35H31N3O4S. The number of benzene rings is 5. The summed E-state index contributed by atoms with van der Waals surface area (Å²) < 4.78 is 35.2. The molecule has 0 spiro atoms. The molecule has 1 heterocycles. The number of rotatable bonds is 8. The molecule has 5 aromatic carbocycles.